The molecule has 6 nitrogen and oxygen atoms in total. The van der Waals surface area contributed by atoms with Gasteiger partial charge in [0.05, 0.1) is 19.2 Å². The Bertz CT molecular complexity index is 345. The van der Waals surface area contributed by atoms with E-state index in [-0.39, 0.29) is 18.9 Å². The van der Waals surface area contributed by atoms with Crippen molar-refractivity contribution in [2.24, 2.45) is 7.05 Å². The minimum Gasteiger partial charge on any atom is -0.384 e. The van der Waals surface area contributed by atoms with Crippen molar-refractivity contribution in [2.45, 2.75) is 6.42 Å². The number of nitrogen functional groups attached to an aromatic ring is 1. The third kappa shape index (κ3) is 2.32. The van der Waals surface area contributed by atoms with Crippen LogP contribution >= 0.6 is 0 Å². The molecule has 6 heteroatoms. The summed E-state index contributed by atoms with van der Waals surface area (Å²) in [5.41, 5.74) is 5.53. The molecule has 0 saturated carbocycles. The van der Waals surface area contributed by atoms with E-state index in [0.29, 0.717) is 17.9 Å². The van der Waals surface area contributed by atoms with Crippen LogP contribution in [0.1, 0.15) is 5.82 Å². The third-order valence-electron chi connectivity index (χ3n) is 1.82. The molecule has 1 aromatic heterocycles. The molecule has 0 radical (unpaired) electrons. The zero-order chi connectivity index (χ0) is 10.6. The largest absolute Gasteiger partial charge is 0.384 e. The van der Waals surface area contributed by atoms with Crippen molar-refractivity contribution >= 4 is 18.0 Å². The van der Waals surface area contributed by atoms with Crippen LogP contribution in [0.15, 0.2) is 6.20 Å². The number of nitrogens with one attached hydrogen (secondary N) is 1. The van der Waals surface area contributed by atoms with E-state index in [9.17, 15) is 9.59 Å². The Morgan fingerprint density at radius 3 is 3.00 bits per heavy atom. The minimum absolute atomic E-state index is 0.0265. The van der Waals surface area contributed by atoms with E-state index in [1.807, 2.05) is 0 Å². The van der Waals surface area contributed by atoms with Gasteiger partial charge in [-0.3, -0.25) is 4.79 Å². The molecule has 14 heavy (non-hydrogen) atoms. The number of aldehydes is 1. The summed E-state index contributed by atoms with van der Waals surface area (Å²) in [6, 6.07) is 0. The molecule has 1 heterocycles. The number of nitrogens with zero attached hydrogens (tertiary/aromatic N) is 2. The zero-order valence-electron chi connectivity index (χ0n) is 7.86. The monoisotopic (exact) mass is 196 g/mol. The van der Waals surface area contributed by atoms with Gasteiger partial charge in [0.1, 0.15) is 17.9 Å². The molecule has 0 aliphatic rings. The molecule has 3 N–H and O–H groups in total. The number of carbonyl (C=O) groups excluding carboxylic acids is 2. The lowest BCUT2D eigenvalue weighted by Crippen LogP contribution is -2.27. The molecular weight excluding hydrogens is 184 g/mol. The first-order valence-corrected chi connectivity index (χ1v) is 4.11. The first-order valence-electron chi connectivity index (χ1n) is 4.11. The highest BCUT2D eigenvalue weighted by atomic mass is 16.2. The van der Waals surface area contributed by atoms with E-state index < -0.39 is 0 Å². The molecule has 0 saturated heterocycles. The first kappa shape index (κ1) is 10.2. The van der Waals surface area contributed by atoms with Crippen LogP contribution in [0.25, 0.3) is 0 Å². The summed E-state index contributed by atoms with van der Waals surface area (Å²) in [5, 5.41) is 2.42. The molecule has 76 valence electrons. The van der Waals surface area contributed by atoms with Gasteiger partial charge in [0, 0.05) is 7.05 Å². The zero-order valence-corrected chi connectivity index (χ0v) is 7.86. The molecule has 1 aromatic rings. The topological polar surface area (TPSA) is 90.0 Å². The summed E-state index contributed by atoms with van der Waals surface area (Å²) in [6.45, 7) is 0.0265. The number of nitrogens with two attached hydrogens (primary N) is 1. The van der Waals surface area contributed by atoms with Gasteiger partial charge in [-0.1, -0.05) is 0 Å². The van der Waals surface area contributed by atoms with Crippen LogP contribution in [0.2, 0.25) is 0 Å². The van der Waals surface area contributed by atoms with E-state index >= 15 is 0 Å². The molecule has 0 aliphatic heterocycles. The van der Waals surface area contributed by atoms with Gasteiger partial charge in [0.25, 0.3) is 0 Å². The van der Waals surface area contributed by atoms with E-state index in [1.165, 1.54) is 6.20 Å². The smallest absolute Gasteiger partial charge is 0.227 e. The number of anilines is 1. The van der Waals surface area contributed by atoms with Gasteiger partial charge in [-0.05, 0) is 0 Å². The van der Waals surface area contributed by atoms with Crippen molar-refractivity contribution in [3.05, 3.63) is 12.0 Å². The van der Waals surface area contributed by atoms with Crippen LogP contribution in [-0.4, -0.2) is 28.3 Å². The molecule has 1 rings (SSSR count). The summed E-state index contributed by atoms with van der Waals surface area (Å²) in [5.74, 6) is 0.833. The van der Waals surface area contributed by atoms with Crippen molar-refractivity contribution in [3.63, 3.8) is 0 Å². The average Bonchev–Trinajstić information content (AvgIpc) is 2.46. The summed E-state index contributed by atoms with van der Waals surface area (Å²) in [6.07, 6.45) is 2.24. The van der Waals surface area contributed by atoms with Gasteiger partial charge < -0.3 is 20.4 Å². The Morgan fingerprint density at radius 1 is 1.79 bits per heavy atom. The highest BCUT2D eigenvalue weighted by Crippen LogP contribution is 2.04. The number of hydrogen-bond donors (Lipinski definition) is 2. The van der Waals surface area contributed by atoms with Crippen LogP contribution in [0.5, 0.6) is 0 Å². The normalized spacial score (nSPS) is 9.79. The molecule has 0 spiro atoms. The van der Waals surface area contributed by atoms with Gasteiger partial charge in [-0.25, -0.2) is 4.98 Å². The van der Waals surface area contributed by atoms with E-state index in [4.69, 9.17) is 5.73 Å². The lowest BCUT2D eigenvalue weighted by molar-refractivity contribution is -0.122. The van der Waals surface area contributed by atoms with Crippen molar-refractivity contribution < 1.29 is 9.59 Å². The van der Waals surface area contributed by atoms with Crippen LogP contribution in [0.4, 0.5) is 5.82 Å². The Kier molecular flexibility index (Phi) is 3.22. The fraction of sp³-hybridized carbons (Fsp3) is 0.375. The summed E-state index contributed by atoms with van der Waals surface area (Å²) in [4.78, 5) is 25.1. The van der Waals surface area contributed by atoms with Crippen LogP contribution in [0.3, 0.4) is 0 Å². The lowest BCUT2D eigenvalue weighted by Gasteiger charge is -2.02. The molecule has 0 atom stereocenters. The predicted molar refractivity (Wildman–Crippen MR) is 50.4 cm³/mol. The second-order valence-corrected chi connectivity index (χ2v) is 2.81. The minimum atomic E-state index is -0.245. The highest BCUT2D eigenvalue weighted by Gasteiger charge is 2.08. The van der Waals surface area contributed by atoms with Gasteiger partial charge >= 0.3 is 0 Å². The first-order chi connectivity index (χ1) is 6.65. The van der Waals surface area contributed by atoms with Gasteiger partial charge in [-0.15, -0.1) is 0 Å². The second-order valence-electron chi connectivity index (χ2n) is 2.81. The maximum atomic E-state index is 11.2. The van der Waals surface area contributed by atoms with Gasteiger partial charge in [0.15, 0.2) is 0 Å². The molecule has 0 unspecified atom stereocenters. The van der Waals surface area contributed by atoms with Crippen LogP contribution in [0, 0.1) is 0 Å². The van der Waals surface area contributed by atoms with Crippen molar-refractivity contribution in [3.8, 4) is 0 Å². The highest BCUT2D eigenvalue weighted by molar-refractivity contribution is 5.79. The average molecular weight is 196 g/mol. The fourth-order valence-electron chi connectivity index (χ4n) is 0.989. The van der Waals surface area contributed by atoms with E-state index in [0.717, 1.165) is 0 Å². The molecule has 0 bridgehead atoms. The number of amides is 1. The number of carbonyl (C=O) groups is 2. The van der Waals surface area contributed by atoms with Crippen molar-refractivity contribution in [1.82, 2.24) is 14.9 Å². The number of rotatable bonds is 4. The van der Waals surface area contributed by atoms with Crippen LogP contribution in [-0.2, 0) is 23.1 Å². The summed E-state index contributed by atoms with van der Waals surface area (Å²) >= 11 is 0. The SMILES string of the molecule is Cn1c(N)cnc1CC(=O)NCC=O. The fourth-order valence-corrected chi connectivity index (χ4v) is 0.989. The second kappa shape index (κ2) is 4.40. The quantitative estimate of drug-likeness (QED) is 0.595. The van der Waals surface area contributed by atoms with Crippen molar-refractivity contribution in [2.75, 3.05) is 12.3 Å². The molecular formula is C8H12N4O2. The number of hydrogen-bond acceptors (Lipinski definition) is 4. The Hall–Kier alpha value is -1.85. The van der Waals surface area contributed by atoms with Gasteiger partial charge in [-0.2, -0.15) is 0 Å². The standard InChI is InChI=1S/C8H12N4O2/c1-12-6(9)5-11-7(12)4-8(14)10-2-3-13/h3,5H,2,4,9H2,1H3,(H,10,14). The maximum absolute atomic E-state index is 11.2. The molecule has 0 aromatic carbocycles. The predicted octanol–water partition coefficient (Wildman–Crippen LogP) is -1.14. The summed E-state index contributed by atoms with van der Waals surface area (Å²) < 4.78 is 1.63. The maximum Gasteiger partial charge on any atom is 0.227 e. The van der Waals surface area contributed by atoms with E-state index in [2.05, 4.69) is 10.3 Å². The molecule has 0 fully saturated rings. The third-order valence-corrected chi connectivity index (χ3v) is 1.82. The molecule has 1 amide bonds. The van der Waals surface area contributed by atoms with Crippen LogP contribution < -0.4 is 11.1 Å². The van der Waals surface area contributed by atoms with Gasteiger partial charge in [0.2, 0.25) is 5.91 Å². The van der Waals surface area contributed by atoms with Crippen molar-refractivity contribution in [1.29, 1.82) is 0 Å². The number of aromatic nitrogens is 2. The lowest BCUT2D eigenvalue weighted by atomic mass is 10.4. The Morgan fingerprint density at radius 2 is 2.50 bits per heavy atom. The summed E-state index contributed by atoms with van der Waals surface area (Å²) in [7, 11) is 1.73. The number of imidazole rings is 1. The Balaban J connectivity index is 2.56. The Labute approximate surface area is 81.1 Å². The van der Waals surface area contributed by atoms with E-state index in [1.54, 1.807) is 11.6 Å². The molecule has 0 aliphatic carbocycles.